The molecule has 0 atom stereocenters. The summed E-state index contributed by atoms with van der Waals surface area (Å²) < 4.78 is 0. The van der Waals surface area contributed by atoms with E-state index in [4.69, 9.17) is 19.1 Å². The summed E-state index contributed by atoms with van der Waals surface area (Å²) in [5.41, 5.74) is 1.32. The summed E-state index contributed by atoms with van der Waals surface area (Å²) >= 11 is -0.106. The molecule has 0 saturated heterocycles. The van der Waals surface area contributed by atoms with Crippen LogP contribution in [-0.2, 0) is 15.9 Å². The van der Waals surface area contributed by atoms with Crippen LogP contribution in [0.3, 0.4) is 0 Å². The van der Waals surface area contributed by atoms with E-state index in [-0.39, 0.29) is 15.9 Å². The first-order chi connectivity index (χ1) is 4.81. The summed E-state index contributed by atoms with van der Waals surface area (Å²) in [4.78, 5) is 0. The van der Waals surface area contributed by atoms with Crippen molar-refractivity contribution < 1.29 is 15.9 Å². The van der Waals surface area contributed by atoms with Gasteiger partial charge in [0.05, 0.1) is 0 Å². The molecule has 0 saturated carbocycles. The van der Waals surface area contributed by atoms with Crippen molar-refractivity contribution in [2.24, 2.45) is 0 Å². The van der Waals surface area contributed by atoms with Crippen LogP contribution in [0.25, 0.3) is 0 Å². The number of aryl methyl sites for hydroxylation is 1. The Morgan fingerprint density at radius 3 is 1.70 bits per heavy atom. The minimum atomic E-state index is -0.106. The Kier molecular flexibility index (Phi) is 7.92. The molecule has 0 heterocycles. The summed E-state index contributed by atoms with van der Waals surface area (Å²) in [6, 6.07) is 10.3. The van der Waals surface area contributed by atoms with Crippen LogP contribution >= 0.6 is 19.1 Å². The van der Waals surface area contributed by atoms with Gasteiger partial charge in [-0.15, -0.1) is 0 Å². The molecule has 0 fully saturated rings. The second-order valence-electron chi connectivity index (χ2n) is 1.70. The molecule has 0 aliphatic rings. The van der Waals surface area contributed by atoms with E-state index in [0.717, 1.165) is 0 Å². The van der Waals surface area contributed by atoms with Crippen molar-refractivity contribution >= 4 is 19.1 Å². The van der Waals surface area contributed by atoms with Crippen LogP contribution in [0.1, 0.15) is 5.56 Å². The van der Waals surface area contributed by atoms with Gasteiger partial charge in [0.25, 0.3) is 0 Å². The van der Waals surface area contributed by atoms with E-state index in [0.29, 0.717) is 0 Å². The molecule has 0 spiro atoms. The van der Waals surface area contributed by atoms with Crippen molar-refractivity contribution in [3.8, 4) is 0 Å². The molecule has 0 aliphatic carbocycles. The molecule has 0 bridgehead atoms. The van der Waals surface area contributed by atoms with Gasteiger partial charge in [0.15, 0.2) is 0 Å². The van der Waals surface area contributed by atoms with E-state index in [2.05, 4.69) is 19.1 Å². The maximum atomic E-state index is 4.81. The van der Waals surface area contributed by atoms with Gasteiger partial charge in [0, 0.05) is 0 Å². The van der Waals surface area contributed by atoms with Gasteiger partial charge in [-0.2, -0.15) is 0 Å². The molecule has 0 unspecified atom stereocenters. The monoisotopic (exact) mass is 268 g/mol. The first-order valence-electron chi connectivity index (χ1n) is 2.65. The Morgan fingerprint density at radius 1 is 1.10 bits per heavy atom. The standard InChI is InChI=1S/C7H8.2ClH.Pd/c1-7-5-3-2-4-6-7;;;/h2-6H,1H3;2*1H;/q;;;+2/p-2. The fourth-order valence-corrected chi connectivity index (χ4v) is 0.534. The number of benzene rings is 1. The van der Waals surface area contributed by atoms with Crippen LogP contribution < -0.4 is 0 Å². The number of halogens is 2. The molecule has 0 aliphatic heterocycles. The van der Waals surface area contributed by atoms with Crippen LogP contribution in [0.4, 0.5) is 0 Å². The SMILES string of the molecule is Cc1ccccc1.[Cl][Pd][Cl]. The molecular weight excluding hydrogens is 261 g/mol. The molecular formula is C7H8Cl2Pd. The fraction of sp³-hybridized carbons (Fsp3) is 0.143. The number of hydrogen-bond acceptors (Lipinski definition) is 0. The zero-order valence-electron chi connectivity index (χ0n) is 5.46. The van der Waals surface area contributed by atoms with Crippen LogP contribution in [0.5, 0.6) is 0 Å². The molecule has 0 amide bonds. The van der Waals surface area contributed by atoms with Crippen molar-refractivity contribution in [1.29, 1.82) is 0 Å². The number of hydrogen-bond donors (Lipinski definition) is 0. The summed E-state index contributed by atoms with van der Waals surface area (Å²) in [5, 5.41) is 0. The van der Waals surface area contributed by atoms with Crippen molar-refractivity contribution in [3.63, 3.8) is 0 Å². The predicted octanol–water partition coefficient (Wildman–Crippen LogP) is 3.37. The Balaban J connectivity index is 0.000000236. The molecule has 1 aromatic rings. The van der Waals surface area contributed by atoms with E-state index >= 15 is 0 Å². The average Bonchev–Trinajstić information content (AvgIpc) is 1.91. The molecule has 10 heavy (non-hydrogen) atoms. The van der Waals surface area contributed by atoms with E-state index in [1.54, 1.807) is 0 Å². The Morgan fingerprint density at radius 2 is 1.50 bits per heavy atom. The zero-order chi connectivity index (χ0) is 7.82. The van der Waals surface area contributed by atoms with Gasteiger partial charge in [-0.25, -0.2) is 0 Å². The molecule has 0 radical (unpaired) electrons. The molecule has 1 aromatic carbocycles. The molecule has 0 aromatic heterocycles. The van der Waals surface area contributed by atoms with Gasteiger partial charge in [0.1, 0.15) is 0 Å². The second-order valence-corrected chi connectivity index (χ2v) is 4.06. The van der Waals surface area contributed by atoms with Gasteiger partial charge in [-0.3, -0.25) is 0 Å². The average molecular weight is 269 g/mol. The quantitative estimate of drug-likeness (QED) is 0.634. The fourth-order valence-electron chi connectivity index (χ4n) is 0.534. The third-order valence-electron chi connectivity index (χ3n) is 0.940. The topological polar surface area (TPSA) is 0 Å². The maximum absolute atomic E-state index is 4.81. The molecule has 1 rings (SSSR count). The third-order valence-corrected chi connectivity index (χ3v) is 0.940. The molecule has 60 valence electrons. The molecule has 0 nitrogen and oxygen atoms in total. The summed E-state index contributed by atoms with van der Waals surface area (Å²) in [6.07, 6.45) is 0. The van der Waals surface area contributed by atoms with E-state index < -0.39 is 0 Å². The first kappa shape index (κ1) is 10.5. The van der Waals surface area contributed by atoms with E-state index in [1.165, 1.54) is 5.56 Å². The second kappa shape index (κ2) is 7.57. The van der Waals surface area contributed by atoms with E-state index in [1.807, 2.05) is 18.2 Å². The molecule has 3 heteroatoms. The van der Waals surface area contributed by atoms with Crippen molar-refractivity contribution in [3.05, 3.63) is 35.9 Å². The summed E-state index contributed by atoms with van der Waals surface area (Å²) in [5.74, 6) is 0. The van der Waals surface area contributed by atoms with Crippen LogP contribution in [0.2, 0.25) is 0 Å². The van der Waals surface area contributed by atoms with Gasteiger partial charge in [0.2, 0.25) is 0 Å². The van der Waals surface area contributed by atoms with Crippen LogP contribution in [0, 0.1) is 6.92 Å². The van der Waals surface area contributed by atoms with Crippen molar-refractivity contribution in [2.75, 3.05) is 0 Å². The zero-order valence-corrected chi connectivity index (χ0v) is 8.53. The van der Waals surface area contributed by atoms with Gasteiger partial charge in [-0.1, -0.05) is 35.9 Å². The van der Waals surface area contributed by atoms with Gasteiger partial charge in [-0.05, 0) is 6.92 Å². The minimum absolute atomic E-state index is 0.106. The Bertz CT molecular complexity index is 153. The van der Waals surface area contributed by atoms with Crippen LogP contribution in [0.15, 0.2) is 30.3 Å². The van der Waals surface area contributed by atoms with Gasteiger partial charge < -0.3 is 0 Å². The summed E-state index contributed by atoms with van der Waals surface area (Å²) in [7, 11) is 9.63. The van der Waals surface area contributed by atoms with Crippen molar-refractivity contribution in [1.82, 2.24) is 0 Å². The number of rotatable bonds is 0. The van der Waals surface area contributed by atoms with Gasteiger partial charge >= 0.3 is 35.0 Å². The van der Waals surface area contributed by atoms with Crippen molar-refractivity contribution in [2.45, 2.75) is 6.92 Å². The Labute approximate surface area is 77.6 Å². The summed E-state index contributed by atoms with van der Waals surface area (Å²) in [6.45, 7) is 2.08. The first-order valence-corrected chi connectivity index (χ1v) is 6.65. The van der Waals surface area contributed by atoms with E-state index in [9.17, 15) is 0 Å². The normalized spacial score (nSPS) is 8.30. The van der Waals surface area contributed by atoms with Crippen LogP contribution in [-0.4, -0.2) is 0 Å². The predicted molar refractivity (Wildman–Crippen MR) is 42.9 cm³/mol. The Hall–Kier alpha value is 0.462. The third kappa shape index (κ3) is 6.58. The molecule has 0 N–H and O–H groups in total.